The lowest BCUT2D eigenvalue weighted by Gasteiger charge is -2.29. The van der Waals surface area contributed by atoms with Crippen LogP contribution in [0.3, 0.4) is 0 Å². The molecule has 0 spiro atoms. The van der Waals surface area contributed by atoms with Gasteiger partial charge in [0.05, 0.1) is 17.2 Å². The minimum Gasteiger partial charge on any atom is -0.354 e. The van der Waals surface area contributed by atoms with Gasteiger partial charge in [0.25, 0.3) is 11.8 Å². The van der Waals surface area contributed by atoms with Crippen molar-refractivity contribution in [3.05, 3.63) is 56.2 Å². The van der Waals surface area contributed by atoms with Crippen LogP contribution < -0.4 is 5.32 Å². The largest absolute Gasteiger partial charge is 0.354 e. The summed E-state index contributed by atoms with van der Waals surface area (Å²) in [6, 6.07) is 7.20. The van der Waals surface area contributed by atoms with Gasteiger partial charge in [0.1, 0.15) is 0 Å². The van der Waals surface area contributed by atoms with Gasteiger partial charge < -0.3 is 5.32 Å². The van der Waals surface area contributed by atoms with Crippen LogP contribution in [-0.4, -0.2) is 53.7 Å². The Morgan fingerprint density at radius 3 is 2.55 bits per heavy atom. The third-order valence-electron chi connectivity index (χ3n) is 5.17. The molecule has 3 rings (SSSR count). The van der Waals surface area contributed by atoms with Crippen molar-refractivity contribution in [2.75, 3.05) is 26.2 Å². The third-order valence-corrected chi connectivity index (χ3v) is 6.36. The molecule has 0 radical (unpaired) electrons. The molecule has 1 N–H and O–H groups in total. The minimum absolute atomic E-state index is 0.0736. The van der Waals surface area contributed by atoms with Gasteiger partial charge in [0.15, 0.2) is 0 Å². The number of hydrogen-bond acceptors (Lipinski definition) is 5. The monoisotopic (exact) mass is 477 g/mol. The molecule has 0 saturated heterocycles. The van der Waals surface area contributed by atoms with Crippen molar-refractivity contribution in [1.82, 2.24) is 15.1 Å². The van der Waals surface area contributed by atoms with Crippen LogP contribution in [0.15, 0.2) is 39.5 Å². The summed E-state index contributed by atoms with van der Waals surface area (Å²) in [7, 11) is 0. The van der Waals surface area contributed by atoms with Crippen LogP contribution in [-0.2, 0) is 4.79 Å². The molecule has 0 aliphatic carbocycles. The Morgan fingerprint density at radius 1 is 1.17 bits per heavy atom. The SMILES string of the molecule is CCN(CC)C(CNC(=O)CCN1C(=O)c2ccc(Br)cc2C1=O)c1ccsc1. The summed E-state index contributed by atoms with van der Waals surface area (Å²) in [5.41, 5.74) is 1.95. The first-order valence-electron chi connectivity index (χ1n) is 9.64. The Labute approximate surface area is 183 Å². The van der Waals surface area contributed by atoms with Crippen LogP contribution in [0, 0.1) is 0 Å². The average molecular weight is 478 g/mol. The van der Waals surface area contributed by atoms with Gasteiger partial charge in [-0.1, -0.05) is 29.8 Å². The van der Waals surface area contributed by atoms with Crippen molar-refractivity contribution in [3.63, 3.8) is 0 Å². The Balaban J connectivity index is 1.57. The van der Waals surface area contributed by atoms with Gasteiger partial charge >= 0.3 is 0 Å². The summed E-state index contributed by atoms with van der Waals surface area (Å²) >= 11 is 4.96. The maximum atomic E-state index is 12.5. The van der Waals surface area contributed by atoms with Crippen LogP contribution >= 0.6 is 27.3 Å². The van der Waals surface area contributed by atoms with Gasteiger partial charge in [-0.15, -0.1) is 0 Å². The number of benzene rings is 1. The molecule has 3 amide bonds. The van der Waals surface area contributed by atoms with Crippen LogP contribution in [0.2, 0.25) is 0 Å². The first kappa shape index (κ1) is 21.7. The third kappa shape index (κ3) is 4.76. The van der Waals surface area contributed by atoms with Gasteiger partial charge in [0, 0.05) is 24.0 Å². The molecular formula is C21H24BrN3O3S. The number of likely N-dealkylation sites (N-methyl/N-ethyl adjacent to an activating group) is 1. The van der Waals surface area contributed by atoms with E-state index in [4.69, 9.17) is 0 Å². The van der Waals surface area contributed by atoms with Gasteiger partial charge in [-0.25, -0.2) is 0 Å². The first-order valence-corrected chi connectivity index (χ1v) is 11.4. The summed E-state index contributed by atoms with van der Waals surface area (Å²) in [4.78, 5) is 40.9. The number of nitrogens with one attached hydrogen (secondary N) is 1. The standard InChI is InChI=1S/C21H24BrN3O3S/c1-3-24(4-2)18(14-8-10-29-13-14)12-23-19(26)7-9-25-20(27)16-6-5-15(22)11-17(16)21(25)28/h5-6,8,10-11,13,18H,3-4,7,9,12H2,1-2H3,(H,23,26). The molecule has 1 aromatic heterocycles. The van der Waals surface area contributed by atoms with Crippen molar-refractivity contribution >= 4 is 45.0 Å². The molecule has 2 aromatic rings. The van der Waals surface area contributed by atoms with E-state index in [9.17, 15) is 14.4 Å². The van der Waals surface area contributed by atoms with Gasteiger partial charge in [-0.2, -0.15) is 11.3 Å². The molecule has 1 aliphatic heterocycles. The fraction of sp³-hybridized carbons (Fsp3) is 0.381. The number of carbonyl (C=O) groups excluding carboxylic acids is 3. The van der Waals surface area contributed by atoms with E-state index < -0.39 is 0 Å². The van der Waals surface area contributed by atoms with Crippen LogP contribution in [0.4, 0.5) is 0 Å². The molecule has 1 atom stereocenters. The number of imide groups is 1. The molecule has 29 heavy (non-hydrogen) atoms. The lowest BCUT2D eigenvalue weighted by molar-refractivity contribution is -0.121. The zero-order chi connectivity index (χ0) is 21.0. The second-order valence-corrected chi connectivity index (χ2v) is 8.50. The van der Waals surface area contributed by atoms with E-state index in [-0.39, 0.29) is 36.7 Å². The van der Waals surface area contributed by atoms with Crippen molar-refractivity contribution in [3.8, 4) is 0 Å². The van der Waals surface area contributed by atoms with E-state index in [0.29, 0.717) is 17.7 Å². The van der Waals surface area contributed by atoms with Gasteiger partial charge in [-0.3, -0.25) is 24.2 Å². The maximum Gasteiger partial charge on any atom is 0.261 e. The number of fused-ring (bicyclic) bond motifs is 1. The van der Waals surface area contributed by atoms with Crippen LogP contribution in [0.25, 0.3) is 0 Å². The molecule has 1 aromatic carbocycles. The Kier molecular flexibility index (Phi) is 7.21. The summed E-state index contributed by atoms with van der Waals surface area (Å²) in [6.45, 7) is 6.54. The lowest BCUT2D eigenvalue weighted by Crippen LogP contribution is -2.39. The summed E-state index contributed by atoms with van der Waals surface area (Å²) in [5.74, 6) is -0.863. The van der Waals surface area contributed by atoms with Gasteiger partial charge in [-0.05, 0) is 53.7 Å². The minimum atomic E-state index is -0.349. The molecule has 0 bridgehead atoms. The highest BCUT2D eigenvalue weighted by Gasteiger charge is 2.35. The second kappa shape index (κ2) is 9.65. The zero-order valence-electron chi connectivity index (χ0n) is 16.5. The fourth-order valence-corrected chi connectivity index (χ4v) is 4.63. The summed E-state index contributed by atoms with van der Waals surface area (Å²) in [5, 5.41) is 7.11. The summed E-state index contributed by atoms with van der Waals surface area (Å²) < 4.78 is 0.743. The molecule has 154 valence electrons. The molecule has 6 nitrogen and oxygen atoms in total. The van der Waals surface area contributed by atoms with Crippen LogP contribution in [0.1, 0.15) is 52.6 Å². The van der Waals surface area contributed by atoms with Crippen molar-refractivity contribution in [2.24, 2.45) is 0 Å². The molecule has 1 unspecified atom stereocenters. The number of carbonyl (C=O) groups is 3. The lowest BCUT2D eigenvalue weighted by atomic mass is 10.1. The van der Waals surface area contributed by atoms with Crippen molar-refractivity contribution < 1.29 is 14.4 Å². The Hall–Kier alpha value is -2.03. The zero-order valence-corrected chi connectivity index (χ0v) is 18.9. The molecular weight excluding hydrogens is 454 g/mol. The van der Waals surface area contributed by atoms with Gasteiger partial charge in [0.2, 0.25) is 5.91 Å². The molecule has 2 heterocycles. The van der Waals surface area contributed by atoms with E-state index in [1.807, 2.05) is 5.38 Å². The molecule has 8 heteroatoms. The Morgan fingerprint density at radius 2 is 1.90 bits per heavy atom. The maximum absolute atomic E-state index is 12.5. The highest BCUT2D eigenvalue weighted by molar-refractivity contribution is 9.10. The number of rotatable bonds is 9. The number of thiophene rings is 1. The fourth-order valence-electron chi connectivity index (χ4n) is 3.57. The normalized spacial score (nSPS) is 14.4. The average Bonchev–Trinajstić information content (AvgIpc) is 3.32. The topological polar surface area (TPSA) is 69.7 Å². The highest BCUT2D eigenvalue weighted by Crippen LogP contribution is 2.26. The second-order valence-electron chi connectivity index (χ2n) is 6.80. The van der Waals surface area contributed by atoms with E-state index in [1.165, 1.54) is 5.56 Å². The molecule has 1 aliphatic rings. The quantitative estimate of drug-likeness (QED) is 0.559. The van der Waals surface area contributed by atoms with E-state index >= 15 is 0 Å². The molecule has 0 fully saturated rings. The highest BCUT2D eigenvalue weighted by atomic mass is 79.9. The smallest absolute Gasteiger partial charge is 0.261 e. The number of nitrogens with zero attached hydrogens (tertiary/aromatic N) is 2. The predicted octanol–water partition coefficient (Wildman–Crippen LogP) is 3.70. The van der Waals surface area contributed by atoms with E-state index in [1.54, 1.807) is 29.5 Å². The van der Waals surface area contributed by atoms with Crippen LogP contribution in [0.5, 0.6) is 0 Å². The van der Waals surface area contributed by atoms with E-state index in [0.717, 1.165) is 22.5 Å². The number of hydrogen-bond donors (Lipinski definition) is 1. The number of amides is 3. The first-order chi connectivity index (χ1) is 14.0. The Bertz CT molecular complexity index is 897. The number of halogens is 1. The van der Waals surface area contributed by atoms with E-state index in [2.05, 4.69) is 51.4 Å². The summed E-state index contributed by atoms with van der Waals surface area (Å²) in [6.07, 6.45) is 0.0846. The molecule has 0 saturated carbocycles. The van der Waals surface area contributed by atoms with Crippen molar-refractivity contribution in [2.45, 2.75) is 26.3 Å². The van der Waals surface area contributed by atoms with Crippen molar-refractivity contribution in [1.29, 1.82) is 0 Å². The predicted molar refractivity (Wildman–Crippen MR) is 117 cm³/mol.